The molecular weight excluding hydrogens is 302 g/mol. The summed E-state index contributed by atoms with van der Waals surface area (Å²) >= 11 is 1.76. The van der Waals surface area contributed by atoms with E-state index in [1.165, 1.54) is 33.0 Å². The Morgan fingerprint density at radius 2 is 1.83 bits per heavy atom. The van der Waals surface area contributed by atoms with Crippen molar-refractivity contribution in [2.75, 3.05) is 11.6 Å². The van der Waals surface area contributed by atoms with Crippen molar-refractivity contribution in [3.63, 3.8) is 0 Å². The van der Waals surface area contributed by atoms with Gasteiger partial charge in [0.25, 0.3) is 0 Å². The van der Waals surface area contributed by atoms with Gasteiger partial charge in [0.15, 0.2) is 0 Å². The summed E-state index contributed by atoms with van der Waals surface area (Å²) in [5.41, 5.74) is 7.10. The average Bonchev–Trinajstić information content (AvgIpc) is 2.96. The largest absolute Gasteiger partial charge is 0.359 e. The molecule has 0 saturated heterocycles. The third-order valence-electron chi connectivity index (χ3n) is 4.28. The first-order chi connectivity index (χ1) is 11.2. The highest BCUT2D eigenvalue weighted by atomic mass is 32.2. The molecule has 1 aliphatic heterocycles. The first kappa shape index (κ1) is 14.4. The summed E-state index contributed by atoms with van der Waals surface area (Å²) in [5, 5.41) is 8.37. The van der Waals surface area contributed by atoms with E-state index in [1.807, 2.05) is 0 Å². The minimum absolute atomic E-state index is 0.0322. The van der Waals surface area contributed by atoms with Crippen LogP contribution in [0.2, 0.25) is 0 Å². The molecule has 2 heterocycles. The number of thioether (sulfide) groups is 1. The number of hydrogen-bond acceptors (Lipinski definition) is 3. The van der Waals surface area contributed by atoms with Gasteiger partial charge in [-0.3, -0.25) is 0 Å². The van der Waals surface area contributed by atoms with E-state index in [9.17, 15) is 0 Å². The highest BCUT2D eigenvalue weighted by Crippen LogP contribution is 2.39. The van der Waals surface area contributed by atoms with Crippen molar-refractivity contribution in [1.82, 2.24) is 9.78 Å². The van der Waals surface area contributed by atoms with Gasteiger partial charge in [0, 0.05) is 16.1 Å². The molecule has 0 spiro atoms. The van der Waals surface area contributed by atoms with E-state index in [1.54, 1.807) is 11.8 Å². The van der Waals surface area contributed by atoms with Gasteiger partial charge in [0.2, 0.25) is 0 Å². The fourth-order valence-corrected chi connectivity index (χ4v) is 3.54. The van der Waals surface area contributed by atoms with E-state index < -0.39 is 0 Å². The highest BCUT2D eigenvalue weighted by molar-refractivity contribution is 7.98. The zero-order valence-electron chi connectivity index (χ0n) is 13.5. The molecule has 0 fully saturated rings. The molecule has 23 heavy (non-hydrogen) atoms. The molecule has 116 valence electrons. The molecule has 4 heteroatoms. The topological polar surface area (TPSA) is 29.9 Å². The van der Waals surface area contributed by atoms with Crippen molar-refractivity contribution in [3.8, 4) is 11.3 Å². The van der Waals surface area contributed by atoms with Crippen LogP contribution in [0.5, 0.6) is 0 Å². The maximum Gasteiger partial charge on any atom is 0.147 e. The quantitative estimate of drug-likeness (QED) is 0.684. The Morgan fingerprint density at radius 3 is 2.57 bits per heavy atom. The summed E-state index contributed by atoms with van der Waals surface area (Å²) in [6, 6.07) is 17.4. The summed E-state index contributed by atoms with van der Waals surface area (Å²) in [7, 11) is 0. The number of benzene rings is 2. The summed E-state index contributed by atoms with van der Waals surface area (Å²) in [6.45, 7) is 4.18. The summed E-state index contributed by atoms with van der Waals surface area (Å²) in [4.78, 5) is 1.28. The number of aromatic nitrogens is 2. The lowest BCUT2D eigenvalue weighted by Gasteiger charge is -2.29. The second kappa shape index (κ2) is 5.46. The summed E-state index contributed by atoms with van der Waals surface area (Å²) < 4.78 is 2.10. The Labute approximate surface area is 140 Å². The van der Waals surface area contributed by atoms with Crippen LogP contribution in [0.3, 0.4) is 0 Å². The Morgan fingerprint density at radius 1 is 1.04 bits per heavy atom. The average molecular weight is 321 g/mol. The molecule has 4 rings (SSSR count). The van der Waals surface area contributed by atoms with Crippen molar-refractivity contribution in [2.24, 2.45) is 0 Å². The molecule has 0 amide bonds. The molecule has 0 unspecified atom stereocenters. The van der Waals surface area contributed by atoms with Gasteiger partial charge in [-0.05, 0) is 56.0 Å². The SMILES string of the molecule is CSc1ccc([C@H]2Nc3ccc(C)cc3-c3cc(C)nn32)cc1. The summed E-state index contributed by atoms with van der Waals surface area (Å²) in [6.07, 6.45) is 2.13. The van der Waals surface area contributed by atoms with Crippen LogP contribution >= 0.6 is 11.8 Å². The van der Waals surface area contributed by atoms with Crippen molar-refractivity contribution < 1.29 is 0 Å². The Balaban J connectivity index is 1.85. The maximum absolute atomic E-state index is 4.73. The first-order valence-corrected chi connectivity index (χ1v) is 8.96. The normalized spacial score (nSPS) is 15.7. The second-order valence-electron chi connectivity index (χ2n) is 5.98. The van der Waals surface area contributed by atoms with E-state index >= 15 is 0 Å². The molecule has 0 aliphatic carbocycles. The first-order valence-electron chi connectivity index (χ1n) is 7.73. The van der Waals surface area contributed by atoms with Crippen molar-refractivity contribution in [1.29, 1.82) is 0 Å². The molecule has 1 aromatic heterocycles. The number of nitrogens with one attached hydrogen (secondary N) is 1. The minimum Gasteiger partial charge on any atom is -0.359 e. The van der Waals surface area contributed by atoms with Crippen LogP contribution in [0.25, 0.3) is 11.3 Å². The van der Waals surface area contributed by atoms with Gasteiger partial charge >= 0.3 is 0 Å². The van der Waals surface area contributed by atoms with Crippen LogP contribution in [0.1, 0.15) is 23.0 Å². The fourth-order valence-electron chi connectivity index (χ4n) is 3.13. The van der Waals surface area contributed by atoms with Gasteiger partial charge in [-0.25, -0.2) is 4.68 Å². The zero-order valence-corrected chi connectivity index (χ0v) is 14.3. The smallest absolute Gasteiger partial charge is 0.147 e. The van der Waals surface area contributed by atoms with E-state index in [-0.39, 0.29) is 6.17 Å². The van der Waals surface area contributed by atoms with Gasteiger partial charge in [-0.1, -0.05) is 23.8 Å². The van der Waals surface area contributed by atoms with Gasteiger partial charge in [-0.2, -0.15) is 5.10 Å². The number of rotatable bonds is 2. The van der Waals surface area contributed by atoms with Gasteiger partial charge < -0.3 is 5.32 Å². The van der Waals surface area contributed by atoms with Crippen LogP contribution in [0, 0.1) is 13.8 Å². The lowest BCUT2D eigenvalue weighted by Crippen LogP contribution is -2.25. The van der Waals surface area contributed by atoms with Crippen LogP contribution < -0.4 is 5.32 Å². The number of nitrogens with zero attached hydrogens (tertiary/aromatic N) is 2. The van der Waals surface area contributed by atoms with Gasteiger partial charge in [0.1, 0.15) is 6.17 Å². The van der Waals surface area contributed by atoms with E-state index in [0.29, 0.717) is 0 Å². The van der Waals surface area contributed by atoms with Crippen LogP contribution in [0.15, 0.2) is 53.4 Å². The standard InChI is InChI=1S/C19H19N3S/c1-12-4-9-17-16(10-12)18-11-13(2)21-22(18)19(20-17)14-5-7-15(23-3)8-6-14/h4-11,19-20H,1-3H3/t19-/m0/s1. The number of fused-ring (bicyclic) bond motifs is 3. The monoisotopic (exact) mass is 321 g/mol. The number of hydrogen-bond donors (Lipinski definition) is 1. The zero-order chi connectivity index (χ0) is 16.0. The summed E-state index contributed by atoms with van der Waals surface area (Å²) in [5.74, 6) is 0. The molecule has 0 bridgehead atoms. The maximum atomic E-state index is 4.73. The number of anilines is 1. The lowest BCUT2D eigenvalue weighted by atomic mass is 10.0. The molecule has 3 aromatic rings. The van der Waals surface area contributed by atoms with Crippen LogP contribution in [-0.4, -0.2) is 16.0 Å². The van der Waals surface area contributed by atoms with Crippen molar-refractivity contribution >= 4 is 17.4 Å². The Kier molecular flexibility index (Phi) is 3.42. The Hall–Kier alpha value is -2.20. The number of aryl methyl sites for hydroxylation is 2. The third kappa shape index (κ3) is 2.43. The van der Waals surface area contributed by atoms with Crippen molar-refractivity contribution in [3.05, 3.63) is 65.4 Å². The molecule has 1 N–H and O–H groups in total. The van der Waals surface area contributed by atoms with E-state index in [2.05, 4.69) is 78.6 Å². The van der Waals surface area contributed by atoms with Gasteiger partial charge in [0.05, 0.1) is 11.4 Å². The Bertz CT molecular complexity index is 865. The van der Waals surface area contributed by atoms with Crippen LogP contribution in [0.4, 0.5) is 5.69 Å². The van der Waals surface area contributed by atoms with Crippen LogP contribution in [-0.2, 0) is 0 Å². The third-order valence-corrected chi connectivity index (χ3v) is 5.02. The molecular formula is C19H19N3S. The molecule has 0 radical (unpaired) electrons. The second-order valence-corrected chi connectivity index (χ2v) is 6.86. The lowest BCUT2D eigenvalue weighted by molar-refractivity contribution is 0.571. The molecule has 1 atom stereocenters. The van der Waals surface area contributed by atoms with E-state index in [0.717, 1.165) is 5.69 Å². The predicted octanol–water partition coefficient (Wildman–Crippen LogP) is 4.86. The predicted molar refractivity (Wildman–Crippen MR) is 97.1 cm³/mol. The molecule has 0 saturated carbocycles. The molecule has 2 aromatic carbocycles. The van der Waals surface area contributed by atoms with Crippen molar-refractivity contribution in [2.45, 2.75) is 24.9 Å². The minimum atomic E-state index is 0.0322. The van der Waals surface area contributed by atoms with Gasteiger partial charge in [-0.15, -0.1) is 11.8 Å². The molecule has 3 nitrogen and oxygen atoms in total. The fraction of sp³-hybridized carbons (Fsp3) is 0.211. The van der Waals surface area contributed by atoms with E-state index in [4.69, 9.17) is 5.10 Å². The molecule has 1 aliphatic rings. The highest BCUT2D eigenvalue weighted by Gasteiger charge is 2.26.